The molecule has 1 heterocycles. The molecule has 5 heteroatoms. The van der Waals surface area contributed by atoms with E-state index in [2.05, 4.69) is 0 Å². The maximum atomic E-state index is 13.7. The first-order valence-corrected chi connectivity index (χ1v) is 7.77. The van der Waals surface area contributed by atoms with Crippen molar-refractivity contribution in [2.24, 2.45) is 0 Å². The zero-order valence-electron chi connectivity index (χ0n) is 13.0. The molecule has 3 rings (SSSR count). The number of aliphatic hydroxyl groups is 1. The predicted octanol–water partition coefficient (Wildman–Crippen LogP) is 2.28. The lowest BCUT2D eigenvalue weighted by molar-refractivity contribution is -0.0824. The molecule has 0 spiro atoms. The van der Waals surface area contributed by atoms with E-state index in [1.54, 1.807) is 31.1 Å². The Morgan fingerprint density at radius 3 is 2.91 bits per heavy atom. The Hall–Kier alpha value is -1.46. The number of methoxy groups -OCH3 is 1. The Morgan fingerprint density at radius 2 is 2.23 bits per heavy atom. The van der Waals surface area contributed by atoms with Gasteiger partial charge in [0, 0.05) is 19.2 Å². The van der Waals surface area contributed by atoms with Crippen LogP contribution in [-0.2, 0) is 4.74 Å². The van der Waals surface area contributed by atoms with Crippen molar-refractivity contribution in [3.63, 3.8) is 0 Å². The summed E-state index contributed by atoms with van der Waals surface area (Å²) in [5, 5.41) is 9.96. The molecule has 1 amide bonds. The maximum absolute atomic E-state index is 13.7. The lowest BCUT2D eigenvalue weighted by atomic mass is 9.79. The third kappa shape index (κ3) is 2.42. The summed E-state index contributed by atoms with van der Waals surface area (Å²) in [6, 6.07) is 4.44. The molecule has 1 aromatic carbocycles. The minimum absolute atomic E-state index is 0.141. The normalized spacial score (nSPS) is 31.2. The van der Waals surface area contributed by atoms with Gasteiger partial charge in [0.15, 0.2) is 0 Å². The van der Waals surface area contributed by atoms with Crippen LogP contribution in [0.4, 0.5) is 4.39 Å². The minimum Gasteiger partial charge on any atom is -0.393 e. The van der Waals surface area contributed by atoms with Gasteiger partial charge in [0.25, 0.3) is 5.91 Å². The highest BCUT2D eigenvalue weighted by molar-refractivity contribution is 5.94. The van der Waals surface area contributed by atoms with E-state index in [1.807, 2.05) is 0 Å². The minimum atomic E-state index is -0.406. The lowest BCUT2D eigenvalue weighted by Gasteiger charge is -2.42. The second-order valence-electron chi connectivity index (χ2n) is 6.43. The van der Waals surface area contributed by atoms with Crippen molar-refractivity contribution in [3.8, 4) is 0 Å². The number of likely N-dealkylation sites (tertiary alicyclic amines) is 1. The van der Waals surface area contributed by atoms with Gasteiger partial charge in [-0.2, -0.15) is 0 Å². The molecule has 1 saturated carbocycles. The van der Waals surface area contributed by atoms with Crippen LogP contribution in [0.15, 0.2) is 18.2 Å². The van der Waals surface area contributed by atoms with Crippen molar-refractivity contribution in [1.29, 1.82) is 0 Å². The van der Waals surface area contributed by atoms with E-state index < -0.39 is 6.10 Å². The Bertz CT molecular complexity index is 591. The van der Waals surface area contributed by atoms with Crippen LogP contribution in [0.25, 0.3) is 0 Å². The van der Waals surface area contributed by atoms with E-state index in [-0.39, 0.29) is 23.4 Å². The first-order valence-electron chi connectivity index (χ1n) is 7.77. The van der Waals surface area contributed by atoms with E-state index in [0.29, 0.717) is 30.5 Å². The Balaban J connectivity index is 1.87. The van der Waals surface area contributed by atoms with Gasteiger partial charge in [-0.3, -0.25) is 4.79 Å². The smallest absolute Gasteiger partial charge is 0.254 e. The fourth-order valence-corrected chi connectivity index (χ4v) is 3.81. The molecule has 0 radical (unpaired) electrons. The van der Waals surface area contributed by atoms with Gasteiger partial charge in [-0.15, -0.1) is 0 Å². The van der Waals surface area contributed by atoms with Crippen LogP contribution in [-0.4, -0.2) is 47.3 Å². The standard InChI is InChI=1S/C17H22FNO3/c1-11-3-4-12(9-14(11)18)16(21)19-8-7-17(22-2)6-5-13(20)10-15(17)19/h3-4,9,13,15,20H,5-8,10H2,1-2H3/t13-,15+,17-/m1/s1. The molecular weight excluding hydrogens is 285 g/mol. The summed E-state index contributed by atoms with van der Waals surface area (Å²) in [6.45, 7) is 2.26. The lowest BCUT2D eigenvalue weighted by Crippen LogP contribution is -2.52. The number of hydrogen-bond acceptors (Lipinski definition) is 3. The first-order chi connectivity index (χ1) is 10.5. The van der Waals surface area contributed by atoms with Crippen molar-refractivity contribution >= 4 is 5.91 Å². The van der Waals surface area contributed by atoms with Crippen LogP contribution < -0.4 is 0 Å². The molecule has 1 aromatic rings. The van der Waals surface area contributed by atoms with Crippen molar-refractivity contribution < 1.29 is 19.0 Å². The average Bonchev–Trinajstić information content (AvgIpc) is 2.88. The van der Waals surface area contributed by atoms with Gasteiger partial charge in [-0.1, -0.05) is 6.07 Å². The van der Waals surface area contributed by atoms with Crippen molar-refractivity contribution in [2.75, 3.05) is 13.7 Å². The van der Waals surface area contributed by atoms with Crippen LogP contribution >= 0.6 is 0 Å². The van der Waals surface area contributed by atoms with Crippen molar-refractivity contribution in [3.05, 3.63) is 35.1 Å². The van der Waals surface area contributed by atoms with E-state index >= 15 is 0 Å². The summed E-state index contributed by atoms with van der Waals surface area (Å²) < 4.78 is 19.5. The van der Waals surface area contributed by atoms with Crippen LogP contribution in [0, 0.1) is 12.7 Å². The summed E-state index contributed by atoms with van der Waals surface area (Å²) in [4.78, 5) is 14.5. The summed E-state index contributed by atoms with van der Waals surface area (Å²) in [5.41, 5.74) is 0.519. The number of aryl methyl sites for hydroxylation is 1. The van der Waals surface area contributed by atoms with Gasteiger partial charge in [-0.05, 0) is 50.3 Å². The molecule has 1 saturated heterocycles. The van der Waals surface area contributed by atoms with Gasteiger partial charge in [-0.25, -0.2) is 4.39 Å². The molecule has 2 fully saturated rings. The Morgan fingerprint density at radius 1 is 1.45 bits per heavy atom. The fourth-order valence-electron chi connectivity index (χ4n) is 3.81. The molecule has 3 atom stereocenters. The third-order valence-electron chi connectivity index (χ3n) is 5.24. The number of ether oxygens (including phenoxy) is 1. The largest absolute Gasteiger partial charge is 0.393 e. The first kappa shape index (κ1) is 15.4. The van der Waals surface area contributed by atoms with Gasteiger partial charge in [0.1, 0.15) is 5.82 Å². The van der Waals surface area contributed by atoms with Gasteiger partial charge in [0.2, 0.25) is 0 Å². The summed E-state index contributed by atoms with van der Waals surface area (Å²) >= 11 is 0. The van der Waals surface area contributed by atoms with E-state index in [9.17, 15) is 14.3 Å². The van der Waals surface area contributed by atoms with Gasteiger partial charge >= 0.3 is 0 Å². The fraction of sp³-hybridized carbons (Fsp3) is 0.588. The topological polar surface area (TPSA) is 49.8 Å². The Labute approximate surface area is 129 Å². The second kappa shape index (κ2) is 5.63. The van der Waals surface area contributed by atoms with Gasteiger partial charge in [0.05, 0.1) is 17.7 Å². The highest BCUT2D eigenvalue weighted by Gasteiger charge is 2.52. The number of halogens is 1. The zero-order chi connectivity index (χ0) is 15.9. The average molecular weight is 307 g/mol. The SMILES string of the molecule is CO[C@@]12CC[C@@H](O)C[C@@H]1N(C(=O)c1ccc(C)c(F)c1)CC2. The molecule has 1 N–H and O–H groups in total. The number of carbonyl (C=O) groups is 1. The van der Waals surface area contributed by atoms with Crippen LogP contribution in [0.2, 0.25) is 0 Å². The zero-order valence-corrected chi connectivity index (χ0v) is 13.0. The van der Waals surface area contributed by atoms with E-state index in [1.165, 1.54) is 6.07 Å². The van der Waals surface area contributed by atoms with Crippen molar-refractivity contribution in [1.82, 2.24) is 4.90 Å². The van der Waals surface area contributed by atoms with E-state index in [4.69, 9.17) is 4.74 Å². The van der Waals surface area contributed by atoms with E-state index in [0.717, 1.165) is 12.8 Å². The molecule has 0 bridgehead atoms. The van der Waals surface area contributed by atoms with Crippen LogP contribution in [0.5, 0.6) is 0 Å². The number of aliphatic hydroxyl groups excluding tert-OH is 1. The Kier molecular flexibility index (Phi) is 3.95. The number of fused-ring (bicyclic) bond motifs is 1. The molecule has 1 aliphatic heterocycles. The molecule has 22 heavy (non-hydrogen) atoms. The number of hydrogen-bond donors (Lipinski definition) is 1. The molecule has 1 aliphatic carbocycles. The number of rotatable bonds is 2. The molecule has 2 aliphatic rings. The molecule has 0 unspecified atom stereocenters. The highest BCUT2D eigenvalue weighted by atomic mass is 19.1. The number of nitrogens with zero attached hydrogens (tertiary/aromatic N) is 1. The predicted molar refractivity (Wildman–Crippen MR) is 80.2 cm³/mol. The molecule has 0 aromatic heterocycles. The third-order valence-corrected chi connectivity index (χ3v) is 5.24. The number of amides is 1. The number of carbonyl (C=O) groups excluding carboxylic acids is 1. The van der Waals surface area contributed by atoms with Crippen molar-refractivity contribution in [2.45, 2.75) is 50.4 Å². The number of benzene rings is 1. The summed E-state index contributed by atoms with van der Waals surface area (Å²) in [5.74, 6) is -0.552. The van der Waals surface area contributed by atoms with Crippen LogP contribution in [0.3, 0.4) is 0 Å². The quantitative estimate of drug-likeness (QED) is 0.912. The molecule has 4 nitrogen and oxygen atoms in total. The molecular formula is C17H22FNO3. The van der Waals surface area contributed by atoms with Gasteiger partial charge < -0.3 is 14.7 Å². The monoisotopic (exact) mass is 307 g/mol. The van der Waals surface area contributed by atoms with Crippen LogP contribution in [0.1, 0.15) is 41.6 Å². The maximum Gasteiger partial charge on any atom is 0.254 e. The summed E-state index contributed by atoms with van der Waals surface area (Å²) in [7, 11) is 1.67. The summed E-state index contributed by atoms with van der Waals surface area (Å²) in [6.07, 6.45) is 2.33. The highest BCUT2D eigenvalue weighted by Crippen LogP contribution is 2.42. The second-order valence-corrected chi connectivity index (χ2v) is 6.43. The molecule has 120 valence electrons.